The molecule has 6 nitrogen and oxygen atoms in total. The Balaban J connectivity index is 1.74. The van der Waals surface area contributed by atoms with Gasteiger partial charge >= 0.3 is 0 Å². The van der Waals surface area contributed by atoms with E-state index < -0.39 is 0 Å². The lowest BCUT2D eigenvalue weighted by Gasteiger charge is -2.16. The molecular formula is C20H17ClN4O2S. The first kappa shape index (κ1) is 18.7. The van der Waals surface area contributed by atoms with Crippen molar-refractivity contribution >= 4 is 39.9 Å². The molecule has 0 N–H and O–H groups in total. The third-order valence-corrected chi connectivity index (χ3v) is 5.53. The highest BCUT2D eigenvalue weighted by Crippen LogP contribution is 2.23. The number of thioether (sulfide) groups is 1. The summed E-state index contributed by atoms with van der Waals surface area (Å²) in [4.78, 5) is 34.4. The summed E-state index contributed by atoms with van der Waals surface area (Å²) in [6, 6.07) is 12.2. The minimum Gasteiger partial charge on any atom is -0.285 e. The molecule has 28 heavy (non-hydrogen) atoms. The molecule has 142 valence electrons. The van der Waals surface area contributed by atoms with Gasteiger partial charge in [-0.15, -0.1) is 0 Å². The van der Waals surface area contributed by atoms with E-state index in [0.717, 1.165) is 0 Å². The second kappa shape index (κ2) is 7.41. The highest BCUT2D eigenvalue weighted by Gasteiger charge is 2.14. The average Bonchev–Trinajstić information content (AvgIpc) is 2.66. The molecule has 0 amide bonds. The lowest BCUT2D eigenvalue weighted by atomic mass is 10.2. The number of para-hydroxylation sites is 1. The van der Waals surface area contributed by atoms with Crippen LogP contribution >= 0.6 is 23.4 Å². The van der Waals surface area contributed by atoms with Crippen LogP contribution in [0.3, 0.4) is 0 Å². The van der Waals surface area contributed by atoms with E-state index >= 15 is 0 Å². The number of aromatic nitrogens is 4. The van der Waals surface area contributed by atoms with Crippen molar-refractivity contribution in [2.45, 2.75) is 30.8 Å². The lowest BCUT2D eigenvalue weighted by Crippen LogP contribution is -2.25. The molecule has 8 heteroatoms. The molecule has 4 aromatic rings. The van der Waals surface area contributed by atoms with Crippen molar-refractivity contribution in [2.24, 2.45) is 0 Å². The van der Waals surface area contributed by atoms with Crippen LogP contribution in [-0.4, -0.2) is 18.9 Å². The maximum atomic E-state index is 12.9. The van der Waals surface area contributed by atoms with Gasteiger partial charge in [0, 0.05) is 24.1 Å². The van der Waals surface area contributed by atoms with Crippen molar-refractivity contribution in [3.63, 3.8) is 0 Å². The van der Waals surface area contributed by atoms with Crippen molar-refractivity contribution < 1.29 is 0 Å². The van der Waals surface area contributed by atoms with Gasteiger partial charge in [0.2, 0.25) is 0 Å². The number of halogens is 1. The Hall–Kier alpha value is -2.64. The van der Waals surface area contributed by atoms with Gasteiger partial charge in [-0.1, -0.05) is 35.5 Å². The van der Waals surface area contributed by atoms with Crippen LogP contribution in [0.1, 0.15) is 25.6 Å². The molecule has 0 spiro atoms. The van der Waals surface area contributed by atoms with Gasteiger partial charge in [-0.2, -0.15) is 0 Å². The zero-order valence-electron chi connectivity index (χ0n) is 15.3. The van der Waals surface area contributed by atoms with Gasteiger partial charge in [0.1, 0.15) is 5.65 Å². The molecule has 0 radical (unpaired) electrons. The van der Waals surface area contributed by atoms with Gasteiger partial charge < -0.3 is 0 Å². The van der Waals surface area contributed by atoms with Crippen molar-refractivity contribution in [1.82, 2.24) is 18.9 Å². The topological polar surface area (TPSA) is 69.3 Å². The van der Waals surface area contributed by atoms with E-state index in [9.17, 15) is 9.59 Å². The minimum atomic E-state index is -0.198. The Morgan fingerprint density at radius 1 is 1.11 bits per heavy atom. The van der Waals surface area contributed by atoms with Crippen LogP contribution in [0.2, 0.25) is 5.02 Å². The normalized spacial score (nSPS) is 11.6. The molecule has 0 aliphatic heterocycles. The summed E-state index contributed by atoms with van der Waals surface area (Å²) in [7, 11) is 0. The van der Waals surface area contributed by atoms with Crippen LogP contribution in [0.25, 0.3) is 16.6 Å². The van der Waals surface area contributed by atoms with Gasteiger partial charge in [0.05, 0.1) is 21.6 Å². The number of benzene rings is 1. The van der Waals surface area contributed by atoms with Gasteiger partial charge in [-0.3, -0.25) is 18.6 Å². The fraction of sp³-hybridized carbons (Fsp3) is 0.200. The largest absolute Gasteiger partial charge is 0.285 e. The van der Waals surface area contributed by atoms with E-state index in [-0.39, 0.29) is 17.2 Å². The Morgan fingerprint density at radius 3 is 2.68 bits per heavy atom. The smallest absolute Gasteiger partial charge is 0.262 e. The molecule has 0 bridgehead atoms. The summed E-state index contributed by atoms with van der Waals surface area (Å²) in [5.74, 6) is 0.422. The quantitative estimate of drug-likeness (QED) is 0.375. The first-order valence-electron chi connectivity index (χ1n) is 8.76. The number of hydrogen-bond donors (Lipinski definition) is 0. The number of nitrogens with zero attached hydrogens (tertiary/aromatic N) is 4. The Bertz CT molecular complexity index is 1310. The molecule has 0 fully saturated rings. The Labute approximate surface area is 169 Å². The lowest BCUT2D eigenvalue weighted by molar-refractivity contribution is 0.519. The molecule has 0 aliphatic carbocycles. The van der Waals surface area contributed by atoms with E-state index in [2.05, 4.69) is 9.97 Å². The molecule has 3 heterocycles. The molecule has 1 aromatic carbocycles. The zero-order valence-corrected chi connectivity index (χ0v) is 16.9. The van der Waals surface area contributed by atoms with E-state index in [1.165, 1.54) is 22.2 Å². The average molecular weight is 413 g/mol. The molecule has 0 unspecified atom stereocenters. The van der Waals surface area contributed by atoms with Crippen LogP contribution < -0.4 is 11.1 Å². The van der Waals surface area contributed by atoms with Gasteiger partial charge in [-0.05, 0) is 38.1 Å². The van der Waals surface area contributed by atoms with Crippen molar-refractivity contribution in [1.29, 1.82) is 0 Å². The maximum absolute atomic E-state index is 12.9. The molecule has 0 saturated heterocycles. The van der Waals surface area contributed by atoms with Crippen molar-refractivity contribution in [3.05, 3.63) is 80.1 Å². The van der Waals surface area contributed by atoms with Gasteiger partial charge in [0.15, 0.2) is 5.16 Å². The SMILES string of the molecule is CC(C)n1c(SCc2cc(=O)n3cc(Cl)ccc3n2)nc2ccccc2c1=O. The van der Waals surface area contributed by atoms with E-state index in [1.54, 1.807) is 29.0 Å². The second-order valence-electron chi connectivity index (χ2n) is 6.63. The van der Waals surface area contributed by atoms with Crippen molar-refractivity contribution in [2.75, 3.05) is 0 Å². The molecule has 3 aromatic heterocycles. The molecule has 0 aliphatic rings. The second-order valence-corrected chi connectivity index (χ2v) is 8.01. The first-order chi connectivity index (χ1) is 13.4. The number of rotatable bonds is 4. The number of hydrogen-bond acceptors (Lipinski definition) is 5. The summed E-state index contributed by atoms with van der Waals surface area (Å²) >= 11 is 7.34. The standard InChI is InChI=1S/C20H17ClN4O2S/c1-12(2)25-19(27)15-5-3-4-6-16(15)23-20(25)28-11-14-9-18(26)24-10-13(21)7-8-17(24)22-14/h3-10,12H,11H2,1-2H3. The van der Waals surface area contributed by atoms with Crippen LogP contribution in [0.5, 0.6) is 0 Å². The van der Waals surface area contributed by atoms with Crippen LogP contribution in [-0.2, 0) is 5.75 Å². The number of fused-ring (bicyclic) bond motifs is 2. The summed E-state index contributed by atoms with van der Waals surface area (Å²) in [6.07, 6.45) is 1.55. The Kier molecular flexibility index (Phi) is 4.95. The molecule has 0 atom stereocenters. The summed E-state index contributed by atoms with van der Waals surface area (Å²) in [5.41, 5.74) is 1.54. The zero-order chi connectivity index (χ0) is 19.8. The minimum absolute atomic E-state index is 0.0376. The summed E-state index contributed by atoms with van der Waals surface area (Å²) < 4.78 is 3.09. The van der Waals surface area contributed by atoms with Gasteiger partial charge in [-0.25, -0.2) is 9.97 Å². The maximum Gasteiger partial charge on any atom is 0.262 e. The monoisotopic (exact) mass is 412 g/mol. The third kappa shape index (κ3) is 3.43. The fourth-order valence-corrected chi connectivity index (χ4v) is 4.20. The predicted molar refractivity (Wildman–Crippen MR) is 112 cm³/mol. The Morgan fingerprint density at radius 2 is 1.89 bits per heavy atom. The van der Waals surface area contributed by atoms with Crippen LogP contribution in [0.15, 0.2) is 63.4 Å². The number of pyridine rings is 1. The van der Waals surface area contributed by atoms with Gasteiger partial charge in [0.25, 0.3) is 11.1 Å². The van der Waals surface area contributed by atoms with Crippen LogP contribution in [0.4, 0.5) is 0 Å². The van der Waals surface area contributed by atoms with E-state index in [1.807, 2.05) is 32.0 Å². The first-order valence-corrected chi connectivity index (χ1v) is 10.1. The van der Waals surface area contributed by atoms with E-state index in [4.69, 9.17) is 11.6 Å². The summed E-state index contributed by atoms with van der Waals surface area (Å²) in [6.45, 7) is 3.90. The highest BCUT2D eigenvalue weighted by atomic mass is 35.5. The van der Waals surface area contributed by atoms with Crippen molar-refractivity contribution in [3.8, 4) is 0 Å². The predicted octanol–water partition coefficient (Wildman–Crippen LogP) is 3.93. The molecule has 0 saturated carbocycles. The highest BCUT2D eigenvalue weighted by molar-refractivity contribution is 7.98. The third-order valence-electron chi connectivity index (χ3n) is 4.32. The fourth-order valence-electron chi connectivity index (χ4n) is 3.02. The molecule has 4 rings (SSSR count). The summed E-state index contributed by atoms with van der Waals surface area (Å²) in [5, 5.41) is 1.68. The van der Waals surface area contributed by atoms with E-state index in [0.29, 0.717) is 38.2 Å². The van der Waals surface area contributed by atoms with Crippen LogP contribution in [0, 0.1) is 0 Å². The molecular weight excluding hydrogens is 396 g/mol.